The number of benzene rings is 3. The number of hydrogen-bond donors (Lipinski definition) is 1. The lowest BCUT2D eigenvalue weighted by molar-refractivity contribution is 0.789. The first-order chi connectivity index (χ1) is 15.8. The largest absolute Gasteiger partial charge is 0.349 e. The first-order valence-corrected chi connectivity index (χ1v) is 10.5. The molecule has 0 aliphatic carbocycles. The van der Waals surface area contributed by atoms with Crippen molar-refractivity contribution in [2.24, 2.45) is 0 Å². The molecule has 0 aliphatic rings. The molecule has 0 fully saturated rings. The van der Waals surface area contributed by atoms with Crippen molar-refractivity contribution in [1.82, 2.24) is 29.8 Å². The monoisotopic (exact) mass is 421 g/mol. The summed E-state index contributed by atoms with van der Waals surface area (Å²) in [4.78, 5) is 4.11. The van der Waals surface area contributed by atoms with Gasteiger partial charge in [0.05, 0.1) is 12.0 Å². The topological polar surface area (TPSA) is 73.5 Å². The van der Waals surface area contributed by atoms with Crippen molar-refractivity contribution >= 4 is 5.95 Å². The highest BCUT2D eigenvalue weighted by molar-refractivity contribution is 5.68. The van der Waals surface area contributed by atoms with Gasteiger partial charge in [-0.15, -0.1) is 0 Å². The second-order valence-electron chi connectivity index (χ2n) is 7.69. The quantitative estimate of drug-likeness (QED) is 0.419. The van der Waals surface area contributed by atoms with Crippen LogP contribution in [-0.4, -0.2) is 29.8 Å². The molecule has 0 spiro atoms. The van der Waals surface area contributed by atoms with E-state index in [1.54, 1.807) is 10.9 Å². The molecular weight excluding hydrogens is 398 g/mol. The van der Waals surface area contributed by atoms with Gasteiger partial charge in [0.2, 0.25) is 5.95 Å². The molecule has 5 aromatic rings. The maximum absolute atomic E-state index is 4.16. The van der Waals surface area contributed by atoms with E-state index in [9.17, 15) is 0 Å². The Kier molecular flexibility index (Phi) is 5.45. The standard InChI is InChI=1S/C25H23N7/c1-19-6-12-23(13-7-19)32-25(28-29-30-32)27-16-22-4-2-3-5-24(22)21-10-8-20(9-11-21)17-31-15-14-26-18-31/h2-15,18H,16-17H2,1H3,(H,27,28,30). The van der Waals surface area contributed by atoms with Crippen LogP contribution in [0.2, 0.25) is 0 Å². The summed E-state index contributed by atoms with van der Waals surface area (Å²) in [6, 6.07) is 25.2. The third-order valence-electron chi connectivity index (χ3n) is 5.39. The number of rotatable bonds is 7. The SMILES string of the molecule is Cc1ccc(-n2nnnc2NCc2ccccc2-c2ccc(Cn3ccnc3)cc2)cc1. The number of tetrazole rings is 1. The van der Waals surface area contributed by atoms with Crippen molar-refractivity contribution in [2.45, 2.75) is 20.0 Å². The van der Waals surface area contributed by atoms with Crippen LogP contribution in [0.1, 0.15) is 16.7 Å². The average Bonchev–Trinajstić information content (AvgIpc) is 3.51. The molecule has 0 saturated carbocycles. The molecule has 0 bridgehead atoms. The summed E-state index contributed by atoms with van der Waals surface area (Å²) in [7, 11) is 0. The Morgan fingerprint density at radius 2 is 1.72 bits per heavy atom. The summed E-state index contributed by atoms with van der Waals surface area (Å²) >= 11 is 0. The molecule has 0 amide bonds. The minimum absolute atomic E-state index is 0.610. The molecule has 2 aromatic heterocycles. The van der Waals surface area contributed by atoms with E-state index in [0.29, 0.717) is 12.5 Å². The van der Waals surface area contributed by atoms with Gasteiger partial charge in [0.1, 0.15) is 0 Å². The molecule has 2 heterocycles. The van der Waals surface area contributed by atoms with Gasteiger partial charge in [-0.3, -0.25) is 0 Å². The minimum Gasteiger partial charge on any atom is -0.349 e. The summed E-state index contributed by atoms with van der Waals surface area (Å²) in [5.74, 6) is 0.610. The van der Waals surface area contributed by atoms with E-state index in [1.807, 2.05) is 36.8 Å². The molecule has 0 aliphatic heterocycles. The zero-order valence-electron chi connectivity index (χ0n) is 17.8. The minimum atomic E-state index is 0.610. The van der Waals surface area contributed by atoms with E-state index >= 15 is 0 Å². The van der Waals surface area contributed by atoms with Gasteiger partial charge in [0.25, 0.3) is 0 Å². The maximum atomic E-state index is 4.16. The predicted molar refractivity (Wildman–Crippen MR) is 124 cm³/mol. The Morgan fingerprint density at radius 3 is 2.50 bits per heavy atom. The van der Waals surface area contributed by atoms with Gasteiger partial charge in [-0.2, -0.15) is 4.68 Å². The molecule has 0 radical (unpaired) electrons. The van der Waals surface area contributed by atoms with Crippen LogP contribution in [0.15, 0.2) is 91.5 Å². The smallest absolute Gasteiger partial charge is 0.248 e. The molecule has 32 heavy (non-hydrogen) atoms. The summed E-state index contributed by atoms with van der Waals surface area (Å²) in [5.41, 5.74) is 6.89. The fourth-order valence-corrected chi connectivity index (χ4v) is 3.67. The Bertz CT molecular complexity index is 1290. The van der Waals surface area contributed by atoms with Gasteiger partial charge < -0.3 is 9.88 Å². The number of aryl methyl sites for hydroxylation is 1. The molecule has 0 unspecified atom stereocenters. The summed E-state index contributed by atoms with van der Waals surface area (Å²) in [6.07, 6.45) is 5.60. The van der Waals surface area contributed by atoms with E-state index < -0.39 is 0 Å². The fourth-order valence-electron chi connectivity index (χ4n) is 3.67. The number of anilines is 1. The second kappa shape index (κ2) is 8.85. The zero-order chi connectivity index (χ0) is 21.8. The maximum Gasteiger partial charge on any atom is 0.248 e. The normalized spacial score (nSPS) is 10.9. The summed E-state index contributed by atoms with van der Waals surface area (Å²) < 4.78 is 3.78. The third kappa shape index (κ3) is 4.27. The van der Waals surface area contributed by atoms with Crippen LogP contribution in [0.5, 0.6) is 0 Å². The molecule has 1 N–H and O–H groups in total. The van der Waals surface area contributed by atoms with E-state index in [-0.39, 0.29) is 0 Å². The first kappa shape index (κ1) is 19.7. The molecule has 0 saturated heterocycles. The van der Waals surface area contributed by atoms with Gasteiger partial charge in [-0.25, -0.2) is 4.98 Å². The van der Waals surface area contributed by atoms with E-state index in [1.165, 1.54) is 27.8 Å². The van der Waals surface area contributed by atoms with Crippen LogP contribution in [0.25, 0.3) is 16.8 Å². The first-order valence-electron chi connectivity index (χ1n) is 10.5. The van der Waals surface area contributed by atoms with Crippen molar-refractivity contribution in [1.29, 1.82) is 0 Å². The Balaban J connectivity index is 1.34. The van der Waals surface area contributed by atoms with E-state index in [4.69, 9.17) is 0 Å². The van der Waals surface area contributed by atoms with Crippen molar-refractivity contribution < 1.29 is 0 Å². The number of nitrogens with one attached hydrogen (secondary N) is 1. The van der Waals surface area contributed by atoms with Crippen molar-refractivity contribution in [3.8, 4) is 16.8 Å². The van der Waals surface area contributed by atoms with Crippen LogP contribution in [0, 0.1) is 6.92 Å². The molecule has 7 nitrogen and oxygen atoms in total. The van der Waals surface area contributed by atoms with Gasteiger partial charge in [-0.05, 0) is 51.7 Å². The van der Waals surface area contributed by atoms with Gasteiger partial charge in [0, 0.05) is 25.5 Å². The van der Waals surface area contributed by atoms with E-state index in [2.05, 4.69) is 85.8 Å². The van der Waals surface area contributed by atoms with E-state index in [0.717, 1.165) is 12.2 Å². The van der Waals surface area contributed by atoms with Crippen LogP contribution >= 0.6 is 0 Å². The molecule has 158 valence electrons. The summed E-state index contributed by atoms with van der Waals surface area (Å²) in [6.45, 7) is 3.48. The number of nitrogens with zero attached hydrogens (tertiary/aromatic N) is 6. The lowest BCUT2D eigenvalue weighted by Gasteiger charge is -2.12. The van der Waals surface area contributed by atoms with Crippen molar-refractivity contribution in [2.75, 3.05) is 5.32 Å². The van der Waals surface area contributed by atoms with Gasteiger partial charge in [0.15, 0.2) is 0 Å². The fraction of sp³-hybridized carbons (Fsp3) is 0.120. The lowest BCUT2D eigenvalue weighted by atomic mass is 9.98. The molecule has 0 atom stereocenters. The van der Waals surface area contributed by atoms with Crippen LogP contribution in [0.3, 0.4) is 0 Å². The number of imidazole rings is 1. The molecule has 3 aromatic carbocycles. The Labute approximate surface area is 186 Å². The number of aromatic nitrogens is 6. The highest BCUT2D eigenvalue weighted by Crippen LogP contribution is 2.25. The highest BCUT2D eigenvalue weighted by atomic mass is 15.6. The van der Waals surface area contributed by atoms with Gasteiger partial charge in [-0.1, -0.05) is 71.3 Å². The lowest BCUT2D eigenvalue weighted by Crippen LogP contribution is -2.08. The zero-order valence-corrected chi connectivity index (χ0v) is 17.8. The predicted octanol–water partition coefficient (Wildman–Crippen LogP) is 4.49. The molecular formula is C25H23N7. The Morgan fingerprint density at radius 1 is 0.906 bits per heavy atom. The van der Waals surface area contributed by atoms with Crippen molar-refractivity contribution in [3.63, 3.8) is 0 Å². The Hall–Kier alpha value is -4.26. The van der Waals surface area contributed by atoms with Crippen LogP contribution in [0.4, 0.5) is 5.95 Å². The molecule has 5 rings (SSSR count). The van der Waals surface area contributed by atoms with Crippen LogP contribution < -0.4 is 5.32 Å². The number of hydrogen-bond acceptors (Lipinski definition) is 5. The highest BCUT2D eigenvalue weighted by Gasteiger charge is 2.10. The van der Waals surface area contributed by atoms with Crippen molar-refractivity contribution in [3.05, 3.63) is 108 Å². The molecule has 7 heteroatoms. The summed E-state index contributed by atoms with van der Waals surface area (Å²) in [5, 5.41) is 15.5. The van der Waals surface area contributed by atoms with Crippen LogP contribution in [-0.2, 0) is 13.1 Å². The second-order valence-corrected chi connectivity index (χ2v) is 7.69. The third-order valence-corrected chi connectivity index (χ3v) is 5.39. The average molecular weight is 422 g/mol. The van der Waals surface area contributed by atoms with Gasteiger partial charge >= 0.3 is 0 Å².